The van der Waals surface area contributed by atoms with Gasteiger partial charge in [-0.2, -0.15) is 5.10 Å². The lowest BCUT2D eigenvalue weighted by Gasteiger charge is -2.10. The van der Waals surface area contributed by atoms with Crippen LogP contribution < -0.4 is 16.5 Å². The summed E-state index contributed by atoms with van der Waals surface area (Å²) in [7, 11) is 0. The van der Waals surface area contributed by atoms with Crippen LogP contribution in [0.2, 0.25) is 10.0 Å². The molecule has 0 fully saturated rings. The van der Waals surface area contributed by atoms with Gasteiger partial charge in [-0.1, -0.05) is 35.3 Å². The summed E-state index contributed by atoms with van der Waals surface area (Å²) >= 11 is 17.1. The van der Waals surface area contributed by atoms with Gasteiger partial charge in [0.25, 0.3) is 0 Å². The fourth-order valence-electron chi connectivity index (χ4n) is 1.66. The molecule has 0 spiro atoms. The lowest BCUT2D eigenvalue weighted by atomic mass is 10.1. The number of benzene rings is 2. The minimum Gasteiger partial charge on any atom is -0.399 e. The zero-order valence-corrected chi connectivity index (χ0v) is 14.1. The molecule has 4 N–H and O–H groups in total. The highest BCUT2D eigenvalue weighted by molar-refractivity contribution is 7.80. The Morgan fingerprint density at radius 3 is 2.45 bits per heavy atom. The van der Waals surface area contributed by atoms with Crippen LogP contribution in [-0.2, 0) is 0 Å². The van der Waals surface area contributed by atoms with Crippen molar-refractivity contribution in [1.82, 2.24) is 5.43 Å². The van der Waals surface area contributed by atoms with Crippen LogP contribution in [0.15, 0.2) is 47.6 Å². The van der Waals surface area contributed by atoms with Crippen LogP contribution in [0.3, 0.4) is 0 Å². The fraction of sp³-hybridized carbons (Fsp3) is 0.0667. The molecule has 0 aliphatic rings. The monoisotopic (exact) mass is 352 g/mol. The summed E-state index contributed by atoms with van der Waals surface area (Å²) in [5.74, 6) is 0. The van der Waals surface area contributed by atoms with Crippen LogP contribution in [0.1, 0.15) is 12.5 Å². The smallest absolute Gasteiger partial charge is 0.191 e. The third kappa shape index (κ3) is 4.59. The van der Waals surface area contributed by atoms with E-state index in [4.69, 9.17) is 41.2 Å². The van der Waals surface area contributed by atoms with Crippen molar-refractivity contribution in [2.45, 2.75) is 6.92 Å². The molecule has 2 aromatic rings. The van der Waals surface area contributed by atoms with Gasteiger partial charge in [-0.05, 0) is 55.0 Å². The predicted octanol–water partition coefficient (Wildman–Crippen LogP) is 4.29. The highest BCUT2D eigenvalue weighted by atomic mass is 35.5. The summed E-state index contributed by atoms with van der Waals surface area (Å²) < 4.78 is 0. The average molecular weight is 353 g/mol. The first-order valence-corrected chi connectivity index (χ1v) is 7.54. The van der Waals surface area contributed by atoms with Gasteiger partial charge in [-0.25, -0.2) is 0 Å². The minimum absolute atomic E-state index is 0.332. The van der Waals surface area contributed by atoms with Gasteiger partial charge in [0.1, 0.15) is 0 Å². The van der Waals surface area contributed by atoms with Crippen LogP contribution in [-0.4, -0.2) is 10.8 Å². The Morgan fingerprint density at radius 2 is 1.82 bits per heavy atom. The Morgan fingerprint density at radius 1 is 1.14 bits per heavy atom. The molecule has 0 atom stereocenters. The molecule has 2 rings (SSSR count). The third-order valence-corrected chi connectivity index (χ3v) is 3.57. The molecular weight excluding hydrogens is 339 g/mol. The maximum absolute atomic E-state index is 6.06. The molecule has 114 valence electrons. The van der Waals surface area contributed by atoms with E-state index in [1.165, 1.54) is 0 Å². The standard InChI is InChI=1S/C15H14Cl2N4S/c1-9(10-2-5-12(18)6-3-10)20-21-15(22)19-14-7-4-11(16)8-13(14)17/h2-8H,18H2,1H3,(H2,19,21,22)/b20-9-. The maximum Gasteiger partial charge on any atom is 0.191 e. The predicted molar refractivity (Wildman–Crippen MR) is 98.9 cm³/mol. The maximum atomic E-state index is 6.06. The number of hydrogen-bond acceptors (Lipinski definition) is 3. The first-order valence-electron chi connectivity index (χ1n) is 6.38. The van der Waals surface area contributed by atoms with Gasteiger partial charge < -0.3 is 11.1 Å². The number of nitrogens with two attached hydrogens (primary N) is 1. The Balaban J connectivity index is 1.99. The summed E-state index contributed by atoms with van der Waals surface area (Å²) in [4.78, 5) is 0. The Hall–Kier alpha value is -1.82. The number of anilines is 2. The van der Waals surface area contributed by atoms with Gasteiger partial charge in [0, 0.05) is 10.7 Å². The van der Waals surface area contributed by atoms with Crippen LogP contribution in [0.25, 0.3) is 0 Å². The SMILES string of the molecule is C/C(=N/NC(=S)Nc1ccc(Cl)cc1Cl)c1ccc(N)cc1. The molecule has 0 saturated heterocycles. The molecule has 4 nitrogen and oxygen atoms in total. The summed E-state index contributed by atoms with van der Waals surface area (Å²) in [6.45, 7) is 1.87. The van der Waals surface area contributed by atoms with Gasteiger partial charge in [0.2, 0.25) is 0 Å². The van der Waals surface area contributed by atoms with Crippen molar-refractivity contribution in [3.05, 3.63) is 58.1 Å². The summed E-state index contributed by atoms with van der Waals surface area (Å²) in [6.07, 6.45) is 0. The van der Waals surface area contributed by atoms with Crippen molar-refractivity contribution >= 4 is 57.6 Å². The van der Waals surface area contributed by atoms with Crippen LogP contribution in [0.5, 0.6) is 0 Å². The summed E-state index contributed by atoms with van der Waals surface area (Å²) in [5, 5.41) is 8.55. The molecule has 0 aliphatic heterocycles. The van der Waals surface area contributed by atoms with Crippen LogP contribution in [0.4, 0.5) is 11.4 Å². The van der Waals surface area contributed by atoms with E-state index in [-0.39, 0.29) is 0 Å². The molecule has 0 radical (unpaired) electrons. The zero-order chi connectivity index (χ0) is 16.1. The summed E-state index contributed by atoms with van der Waals surface area (Å²) in [5.41, 5.74) is 11.5. The summed E-state index contributed by atoms with van der Waals surface area (Å²) in [6, 6.07) is 12.5. The van der Waals surface area contributed by atoms with E-state index in [2.05, 4.69) is 15.8 Å². The first-order chi connectivity index (χ1) is 10.5. The molecule has 0 amide bonds. The fourth-order valence-corrected chi connectivity index (χ4v) is 2.28. The second kappa shape index (κ2) is 7.45. The normalized spacial score (nSPS) is 11.1. The molecule has 7 heteroatoms. The van der Waals surface area contributed by atoms with E-state index in [1.54, 1.807) is 18.2 Å². The lowest BCUT2D eigenvalue weighted by molar-refractivity contribution is 1.04. The lowest BCUT2D eigenvalue weighted by Crippen LogP contribution is -2.25. The van der Waals surface area contributed by atoms with Gasteiger partial charge >= 0.3 is 0 Å². The van der Waals surface area contributed by atoms with Gasteiger partial charge in [0.05, 0.1) is 16.4 Å². The molecule has 0 saturated carbocycles. The first kappa shape index (κ1) is 16.5. The molecule has 0 aliphatic carbocycles. The number of nitrogens with zero attached hydrogens (tertiary/aromatic N) is 1. The largest absolute Gasteiger partial charge is 0.399 e. The second-order valence-corrected chi connectivity index (χ2v) is 5.76. The average Bonchev–Trinajstić information content (AvgIpc) is 2.48. The van der Waals surface area contributed by atoms with Crippen LogP contribution in [0, 0.1) is 0 Å². The number of thiocarbonyl (C=S) groups is 1. The Bertz CT molecular complexity index is 714. The molecule has 22 heavy (non-hydrogen) atoms. The van der Waals surface area contributed by atoms with Crippen molar-refractivity contribution in [2.75, 3.05) is 11.1 Å². The quantitative estimate of drug-likeness (QED) is 0.333. The third-order valence-electron chi connectivity index (χ3n) is 2.83. The molecule has 2 aromatic carbocycles. The van der Waals surface area contributed by atoms with Gasteiger partial charge in [-0.3, -0.25) is 5.43 Å². The topological polar surface area (TPSA) is 62.4 Å². The van der Waals surface area contributed by atoms with E-state index < -0.39 is 0 Å². The van der Waals surface area contributed by atoms with E-state index in [0.717, 1.165) is 11.3 Å². The zero-order valence-electron chi connectivity index (χ0n) is 11.7. The number of halogens is 2. The number of rotatable bonds is 3. The number of nitrogen functional groups attached to an aromatic ring is 1. The molecule has 0 unspecified atom stereocenters. The van der Waals surface area contributed by atoms with Crippen molar-refractivity contribution in [2.24, 2.45) is 5.10 Å². The van der Waals surface area contributed by atoms with E-state index in [9.17, 15) is 0 Å². The second-order valence-electron chi connectivity index (χ2n) is 4.51. The number of hydrogen-bond donors (Lipinski definition) is 3. The Labute approximate surface area is 144 Å². The van der Waals surface area contributed by atoms with Crippen molar-refractivity contribution < 1.29 is 0 Å². The minimum atomic E-state index is 0.332. The van der Waals surface area contributed by atoms with Crippen LogP contribution >= 0.6 is 35.4 Å². The molecule has 0 bridgehead atoms. The van der Waals surface area contributed by atoms with E-state index >= 15 is 0 Å². The number of nitrogens with one attached hydrogen (secondary N) is 2. The van der Waals surface area contributed by atoms with E-state index in [0.29, 0.717) is 26.5 Å². The molecule has 0 aromatic heterocycles. The number of hydrazone groups is 1. The van der Waals surface area contributed by atoms with Crippen molar-refractivity contribution in [1.29, 1.82) is 0 Å². The molecular formula is C15H14Cl2N4S. The highest BCUT2D eigenvalue weighted by Gasteiger charge is 2.03. The van der Waals surface area contributed by atoms with Crippen molar-refractivity contribution in [3.8, 4) is 0 Å². The van der Waals surface area contributed by atoms with Gasteiger partial charge in [-0.15, -0.1) is 0 Å². The van der Waals surface area contributed by atoms with Crippen molar-refractivity contribution in [3.63, 3.8) is 0 Å². The highest BCUT2D eigenvalue weighted by Crippen LogP contribution is 2.25. The van der Waals surface area contributed by atoms with E-state index in [1.807, 2.05) is 31.2 Å². The Kier molecular flexibility index (Phi) is 5.60. The van der Waals surface area contributed by atoms with Gasteiger partial charge in [0.15, 0.2) is 5.11 Å². The molecule has 0 heterocycles.